The molecule has 0 amide bonds. The van der Waals surface area contributed by atoms with Crippen LogP contribution in [0.25, 0.3) is 5.65 Å². The maximum atomic E-state index is 12.8. The first-order chi connectivity index (χ1) is 12.1. The number of ketones is 1. The summed E-state index contributed by atoms with van der Waals surface area (Å²) in [6.07, 6.45) is 3.01. The van der Waals surface area contributed by atoms with Gasteiger partial charge in [0.15, 0.2) is 5.78 Å². The molecule has 4 heteroatoms. The number of pyridine rings is 1. The molecule has 0 saturated carbocycles. The number of nitrogens with zero attached hydrogens (tertiary/aromatic N) is 1. The predicted octanol–water partition coefficient (Wildman–Crippen LogP) is 4.54. The molecule has 0 fully saturated rings. The van der Waals surface area contributed by atoms with Crippen molar-refractivity contribution in [2.45, 2.75) is 47.0 Å². The molecule has 3 rings (SSSR count). The molecule has 0 aliphatic heterocycles. The van der Waals surface area contributed by atoms with Crippen molar-refractivity contribution in [1.82, 2.24) is 9.38 Å². The van der Waals surface area contributed by atoms with Crippen LogP contribution in [0.15, 0.2) is 47.3 Å². The van der Waals surface area contributed by atoms with E-state index in [-0.39, 0.29) is 11.3 Å². The minimum absolute atomic E-state index is 0.0774. The standard InChI is InChI=1S/C19H20N2O2.C2H6/c1-3-4-10-16-13(2)21-17(22)12-11-15(19(21)20-16)18(23)14-8-6-5-7-9-14;1-2/h5-9,11-12,20H,3-4,10H2,1-2H3;1-2H3. The molecule has 132 valence electrons. The molecule has 25 heavy (non-hydrogen) atoms. The number of benzene rings is 1. The number of fused-ring (bicyclic) bond motifs is 1. The van der Waals surface area contributed by atoms with Crippen molar-refractivity contribution in [2.75, 3.05) is 0 Å². The van der Waals surface area contributed by atoms with Gasteiger partial charge in [-0.15, -0.1) is 0 Å². The molecule has 0 bridgehead atoms. The normalized spacial score (nSPS) is 10.4. The van der Waals surface area contributed by atoms with Crippen LogP contribution in [0.5, 0.6) is 0 Å². The van der Waals surface area contributed by atoms with Gasteiger partial charge in [-0.1, -0.05) is 57.5 Å². The Morgan fingerprint density at radius 2 is 1.76 bits per heavy atom. The number of nitrogens with one attached hydrogen (secondary N) is 1. The van der Waals surface area contributed by atoms with Crippen LogP contribution in [0.1, 0.15) is 60.9 Å². The average Bonchev–Trinajstić information content (AvgIpc) is 2.99. The quantitative estimate of drug-likeness (QED) is 0.695. The zero-order chi connectivity index (χ0) is 18.4. The third kappa shape index (κ3) is 3.73. The van der Waals surface area contributed by atoms with Gasteiger partial charge in [0, 0.05) is 23.0 Å². The summed E-state index contributed by atoms with van der Waals surface area (Å²) in [4.78, 5) is 28.3. The number of carbonyl (C=O) groups excluding carboxylic acids is 1. The molecule has 4 nitrogen and oxygen atoms in total. The highest BCUT2D eigenvalue weighted by atomic mass is 16.1. The molecule has 0 saturated heterocycles. The number of imidazole rings is 1. The minimum atomic E-state index is -0.110. The van der Waals surface area contributed by atoms with Crippen LogP contribution in [0, 0.1) is 6.92 Å². The van der Waals surface area contributed by atoms with Crippen molar-refractivity contribution in [3.63, 3.8) is 0 Å². The van der Waals surface area contributed by atoms with Crippen LogP contribution >= 0.6 is 0 Å². The highest BCUT2D eigenvalue weighted by Gasteiger charge is 2.17. The number of unbranched alkanes of at least 4 members (excludes halogenated alkanes) is 1. The Morgan fingerprint density at radius 1 is 1.08 bits per heavy atom. The molecule has 0 atom stereocenters. The van der Waals surface area contributed by atoms with Crippen LogP contribution in [0.2, 0.25) is 0 Å². The molecule has 3 aromatic rings. The van der Waals surface area contributed by atoms with Crippen molar-refractivity contribution in [3.05, 3.63) is 75.3 Å². The summed E-state index contributed by atoms with van der Waals surface area (Å²) in [6, 6.07) is 12.2. The summed E-state index contributed by atoms with van der Waals surface area (Å²) in [7, 11) is 0. The van der Waals surface area contributed by atoms with Crippen molar-refractivity contribution in [3.8, 4) is 0 Å². The number of carbonyl (C=O) groups is 1. The van der Waals surface area contributed by atoms with E-state index in [1.54, 1.807) is 22.6 Å². The average molecular weight is 338 g/mol. The van der Waals surface area contributed by atoms with E-state index >= 15 is 0 Å². The van der Waals surface area contributed by atoms with Crippen molar-refractivity contribution in [1.29, 1.82) is 0 Å². The van der Waals surface area contributed by atoms with E-state index in [2.05, 4.69) is 11.9 Å². The first-order valence-electron chi connectivity index (χ1n) is 8.96. The molecule has 0 aliphatic carbocycles. The van der Waals surface area contributed by atoms with Crippen molar-refractivity contribution in [2.24, 2.45) is 0 Å². The lowest BCUT2D eigenvalue weighted by molar-refractivity contribution is 0.104. The lowest BCUT2D eigenvalue weighted by atomic mass is 10.0. The van der Waals surface area contributed by atoms with Gasteiger partial charge in [-0.25, -0.2) is 0 Å². The molecule has 0 spiro atoms. The fourth-order valence-electron chi connectivity index (χ4n) is 2.89. The van der Waals surface area contributed by atoms with Gasteiger partial charge in [0.05, 0.1) is 5.56 Å². The molecule has 1 aromatic carbocycles. The molecular formula is C21H26N2O2. The fraction of sp³-hybridized carbons (Fsp3) is 0.333. The Morgan fingerprint density at radius 3 is 2.40 bits per heavy atom. The van der Waals surface area contributed by atoms with E-state index in [9.17, 15) is 9.59 Å². The maximum Gasteiger partial charge on any atom is 0.256 e. The molecule has 0 radical (unpaired) electrons. The van der Waals surface area contributed by atoms with E-state index in [4.69, 9.17) is 0 Å². The van der Waals surface area contributed by atoms with Crippen LogP contribution < -0.4 is 5.56 Å². The highest BCUT2D eigenvalue weighted by Crippen LogP contribution is 2.18. The predicted molar refractivity (Wildman–Crippen MR) is 103 cm³/mol. The van der Waals surface area contributed by atoms with Gasteiger partial charge in [0.25, 0.3) is 5.56 Å². The Kier molecular flexibility index (Phi) is 6.34. The number of aromatic amines is 1. The van der Waals surface area contributed by atoms with E-state index in [0.717, 1.165) is 30.7 Å². The Bertz CT molecular complexity index is 905. The van der Waals surface area contributed by atoms with Gasteiger partial charge in [-0.3, -0.25) is 14.0 Å². The number of H-pyrrole nitrogens is 1. The zero-order valence-electron chi connectivity index (χ0n) is 15.4. The number of aromatic nitrogens is 2. The molecule has 2 aromatic heterocycles. The summed E-state index contributed by atoms with van der Waals surface area (Å²) < 4.78 is 1.61. The number of hydrogen-bond donors (Lipinski definition) is 1. The zero-order valence-corrected chi connectivity index (χ0v) is 15.4. The minimum Gasteiger partial charge on any atom is -0.343 e. The van der Waals surface area contributed by atoms with Gasteiger partial charge in [-0.2, -0.15) is 0 Å². The third-order valence-corrected chi connectivity index (χ3v) is 4.19. The highest BCUT2D eigenvalue weighted by molar-refractivity contribution is 6.12. The number of hydrogen-bond acceptors (Lipinski definition) is 2. The van der Waals surface area contributed by atoms with E-state index < -0.39 is 0 Å². The molecular weight excluding hydrogens is 312 g/mol. The summed E-state index contributed by atoms with van der Waals surface area (Å²) in [5, 5.41) is 0. The molecule has 1 N–H and O–H groups in total. The third-order valence-electron chi connectivity index (χ3n) is 4.19. The number of aryl methyl sites for hydroxylation is 2. The van der Waals surface area contributed by atoms with Crippen LogP contribution in [-0.4, -0.2) is 15.2 Å². The van der Waals surface area contributed by atoms with Crippen LogP contribution in [-0.2, 0) is 6.42 Å². The van der Waals surface area contributed by atoms with E-state index in [1.165, 1.54) is 6.07 Å². The Balaban J connectivity index is 0.00000109. The van der Waals surface area contributed by atoms with Crippen LogP contribution in [0.3, 0.4) is 0 Å². The second-order valence-electron chi connectivity index (χ2n) is 5.76. The van der Waals surface area contributed by atoms with Gasteiger partial charge in [0.1, 0.15) is 5.65 Å². The fourth-order valence-corrected chi connectivity index (χ4v) is 2.89. The molecule has 0 unspecified atom stereocenters. The smallest absolute Gasteiger partial charge is 0.256 e. The molecule has 2 heterocycles. The Hall–Kier alpha value is -2.62. The first-order valence-corrected chi connectivity index (χ1v) is 8.96. The van der Waals surface area contributed by atoms with Crippen LogP contribution in [0.4, 0.5) is 0 Å². The maximum absolute atomic E-state index is 12.8. The largest absolute Gasteiger partial charge is 0.343 e. The monoisotopic (exact) mass is 338 g/mol. The van der Waals surface area contributed by atoms with Gasteiger partial charge >= 0.3 is 0 Å². The van der Waals surface area contributed by atoms with Gasteiger partial charge < -0.3 is 4.98 Å². The molecule has 0 aliphatic rings. The van der Waals surface area contributed by atoms with E-state index in [1.807, 2.05) is 39.0 Å². The van der Waals surface area contributed by atoms with Crippen molar-refractivity contribution < 1.29 is 4.79 Å². The SMILES string of the molecule is CC.CCCCc1[nH]c2c(C(=O)c3ccccc3)ccc(=O)n2c1C. The number of rotatable bonds is 5. The second-order valence-corrected chi connectivity index (χ2v) is 5.76. The lowest BCUT2D eigenvalue weighted by Gasteiger charge is -2.03. The first kappa shape index (κ1) is 18.7. The summed E-state index contributed by atoms with van der Waals surface area (Å²) in [5.41, 5.74) is 3.55. The van der Waals surface area contributed by atoms with Gasteiger partial charge in [-0.05, 0) is 25.8 Å². The van der Waals surface area contributed by atoms with E-state index in [0.29, 0.717) is 16.8 Å². The van der Waals surface area contributed by atoms with Crippen molar-refractivity contribution >= 4 is 11.4 Å². The lowest BCUT2D eigenvalue weighted by Crippen LogP contribution is -2.15. The second kappa shape index (κ2) is 8.47. The van der Waals surface area contributed by atoms with Gasteiger partial charge in [0.2, 0.25) is 0 Å². The summed E-state index contributed by atoms with van der Waals surface area (Å²) in [5.74, 6) is -0.0774. The Labute approximate surface area is 148 Å². The summed E-state index contributed by atoms with van der Waals surface area (Å²) in [6.45, 7) is 8.06. The topological polar surface area (TPSA) is 54.3 Å². The summed E-state index contributed by atoms with van der Waals surface area (Å²) >= 11 is 0.